The molecule has 9 heteroatoms. The number of carbonyl (C=O) groups excluding carboxylic acids is 1. The van der Waals surface area contributed by atoms with Gasteiger partial charge in [0.1, 0.15) is 23.1 Å². The predicted octanol–water partition coefficient (Wildman–Crippen LogP) is 3.05. The van der Waals surface area contributed by atoms with Crippen LogP contribution < -0.4 is 16.0 Å². The van der Waals surface area contributed by atoms with Gasteiger partial charge in [-0.25, -0.2) is 9.97 Å². The van der Waals surface area contributed by atoms with Crippen LogP contribution in [0.4, 0.5) is 22.5 Å². The van der Waals surface area contributed by atoms with Crippen LogP contribution in [0.15, 0.2) is 6.33 Å². The fourth-order valence-corrected chi connectivity index (χ4v) is 3.57. The maximum absolute atomic E-state index is 12.3. The molecular weight excluding hydrogens is 338 g/mol. The van der Waals surface area contributed by atoms with Gasteiger partial charge in [-0.1, -0.05) is 39.0 Å². The van der Waals surface area contributed by atoms with Crippen molar-refractivity contribution < 1.29 is 4.79 Å². The molecule has 1 amide bonds. The van der Waals surface area contributed by atoms with Crippen molar-refractivity contribution in [3.05, 3.63) is 11.3 Å². The molecule has 2 aromatic rings. The monoisotopic (exact) mass is 361 g/mol. The molecule has 1 aliphatic rings. The van der Waals surface area contributed by atoms with Crippen LogP contribution >= 0.6 is 11.3 Å². The van der Waals surface area contributed by atoms with Crippen LogP contribution in [0.25, 0.3) is 0 Å². The van der Waals surface area contributed by atoms with Crippen molar-refractivity contribution in [2.45, 2.75) is 46.6 Å². The summed E-state index contributed by atoms with van der Waals surface area (Å²) in [5, 5.41) is 19.2. The molecule has 0 spiro atoms. The molecule has 0 aromatic carbocycles. The fourth-order valence-electron chi connectivity index (χ4n) is 2.62. The molecule has 3 rings (SSSR count). The van der Waals surface area contributed by atoms with E-state index in [9.17, 15) is 4.79 Å². The highest BCUT2D eigenvalue weighted by Crippen LogP contribution is 2.34. The van der Waals surface area contributed by atoms with Gasteiger partial charge in [-0.15, -0.1) is 10.2 Å². The molecule has 3 N–H and O–H groups in total. The molecule has 0 aliphatic carbocycles. The van der Waals surface area contributed by atoms with E-state index in [2.05, 4.69) is 63.8 Å². The van der Waals surface area contributed by atoms with Gasteiger partial charge in [0.05, 0.1) is 0 Å². The van der Waals surface area contributed by atoms with Gasteiger partial charge in [0.15, 0.2) is 11.6 Å². The van der Waals surface area contributed by atoms with Crippen molar-refractivity contribution in [3.8, 4) is 0 Å². The summed E-state index contributed by atoms with van der Waals surface area (Å²) in [7, 11) is 0. The number of hydrogen-bond acceptors (Lipinski definition) is 8. The van der Waals surface area contributed by atoms with Crippen molar-refractivity contribution in [1.29, 1.82) is 0 Å². The minimum Gasteiger partial charge on any atom is -0.356 e. The lowest BCUT2D eigenvalue weighted by Gasteiger charge is -2.27. The number of fused-ring (bicyclic) bond motifs is 1. The van der Waals surface area contributed by atoms with Crippen molar-refractivity contribution in [2.24, 2.45) is 11.8 Å². The molecule has 1 aliphatic heterocycles. The molecule has 0 bridgehead atoms. The summed E-state index contributed by atoms with van der Waals surface area (Å²) in [5.41, 5.74) is 0.549. The minimum absolute atomic E-state index is 0.0724. The molecule has 0 fully saturated rings. The molecule has 8 nitrogen and oxygen atoms in total. The molecule has 0 radical (unpaired) electrons. The van der Waals surface area contributed by atoms with Crippen LogP contribution in [0.3, 0.4) is 0 Å². The third-order valence-electron chi connectivity index (χ3n) is 3.71. The summed E-state index contributed by atoms with van der Waals surface area (Å²) in [6, 6.07) is -0.283. The highest BCUT2D eigenvalue weighted by molar-refractivity contribution is 7.15. The third kappa shape index (κ3) is 4.22. The lowest BCUT2D eigenvalue weighted by molar-refractivity contribution is -0.117. The van der Waals surface area contributed by atoms with Crippen LogP contribution in [0.1, 0.15) is 39.1 Å². The Labute approximate surface area is 150 Å². The molecule has 0 saturated carbocycles. The van der Waals surface area contributed by atoms with Crippen molar-refractivity contribution in [3.63, 3.8) is 0 Å². The minimum atomic E-state index is -0.283. The highest BCUT2D eigenvalue weighted by atomic mass is 32.1. The second kappa shape index (κ2) is 7.30. The van der Waals surface area contributed by atoms with Gasteiger partial charge in [0.25, 0.3) is 0 Å². The SMILES string of the molecule is CC(C)Cc1nnc(Nc2ncnc3c2NC(=O)C(CC(C)C)N3)s1. The number of nitrogens with zero attached hydrogens (tertiary/aromatic N) is 4. The Morgan fingerprint density at radius 1 is 1.20 bits per heavy atom. The molecule has 1 unspecified atom stereocenters. The van der Waals surface area contributed by atoms with E-state index in [1.165, 1.54) is 17.7 Å². The molecule has 134 valence electrons. The first-order chi connectivity index (χ1) is 11.9. The Morgan fingerprint density at radius 2 is 2.00 bits per heavy atom. The van der Waals surface area contributed by atoms with E-state index in [1.54, 1.807) is 0 Å². The average molecular weight is 361 g/mol. The van der Waals surface area contributed by atoms with Crippen LogP contribution in [0.5, 0.6) is 0 Å². The summed E-state index contributed by atoms with van der Waals surface area (Å²) in [6.07, 6.45) is 3.09. The Balaban J connectivity index is 1.78. The van der Waals surface area contributed by atoms with E-state index in [4.69, 9.17) is 0 Å². The maximum Gasteiger partial charge on any atom is 0.247 e. The van der Waals surface area contributed by atoms with Gasteiger partial charge in [0, 0.05) is 6.42 Å². The van der Waals surface area contributed by atoms with Gasteiger partial charge in [-0.2, -0.15) is 0 Å². The van der Waals surface area contributed by atoms with E-state index in [0.29, 0.717) is 34.3 Å². The molecule has 0 saturated heterocycles. The predicted molar refractivity (Wildman–Crippen MR) is 99.3 cm³/mol. The van der Waals surface area contributed by atoms with Gasteiger partial charge in [-0.3, -0.25) is 4.79 Å². The summed E-state index contributed by atoms with van der Waals surface area (Å²) in [4.78, 5) is 20.8. The summed E-state index contributed by atoms with van der Waals surface area (Å²) in [6.45, 7) is 8.46. The number of carbonyl (C=O) groups is 1. The zero-order chi connectivity index (χ0) is 18.0. The normalized spacial score (nSPS) is 16.6. The molecule has 1 atom stereocenters. The van der Waals surface area contributed by atoms with E-state index < -0.39 is 0 Å². The largest absolute Gasteiger partial charge is 0.356 e. The Kier molecular flexibility index (Phi) is 5.12. The Morgan fingerprint density at radius 3 is 2.72 bits per heavy atom. The number of nitrogens with one attached hydrogen (secondary N) is 3. The lowest BCUT2D eigenvalue weighted by Crippen LogP contribution is -2.40. The fraction of sp³-hybridized carbons (Fsp3) is 0.562. The first-order valence-corrected chi connectivity index (χ1v) is 9.25. The number of hydrogen-bond donors (Lipinski definition) is 3. The second-order valence-corrected chi connectivity index (χ2v) is 8.05. The van der Waals surface area contributed by atoms with Crippen LogP contribution in [-0.2, 0) is 11.2 Å². The highest BCUT2D eigenvalue weighted by Gasteiger charge is 2.29. The topological polar surface area (TPSA) is 105 Å². The van der Waals surface area contributed by atoms with Gasteiger partial charge in [-0.05, 0) is 18.3 Å². The first kappa shape index (κ1) is 17.5. The van der Waals surface area contributed by atoms with E-state index in [1.807, 2.05) is 0 Å². The van der Waals surface area contributed by atoms with Crippen LogP contribution in [0.2, 0.25) is 0 Å². The van der Waals surface area contributed by atoms with Crippen LogP contribution in [0, 0.1) is 11.8 Å². The van der Waals surface area contributed by atoms with E-state index in [0.717, 1.165) is 17.8 Å². The van der Waals surface area contributed by atoms with Gasteiger partial charge < -0.3 is 16.0 Å². The summed E-state index contributed by atoms with van der Waals surface area (Å²) < 4.78 is 0. The van der Waals surface area contributed by atoms with Crippen molar-refractivity contribution in [2.75, 3.05) is 16.0 Å². The third-order valence-corrected chi connectivity index (χ3v) is 4.57. The number of amides is 1. The summed E-state index contributed by atoms with van der Waals surface area (Å²) in [5.74, 6) is 1.99. The summed E-state index contributed by atoms with van der Waals surface area (Å²) >= 11 is 1.49. The smallest absolute Gasteiger partial charge is 0.247 e. The van der Waals surface area contributed by atoms with E-state index in [-0.39, 0.29) is 11.9 Å². The number of anilines is 4. The maximum atomic E-state index is 12.3. The zero-order valence-electron chi connectivity index (χ0n) is 14.8. The zero-order valence-corrected chi connectivity index (χ0v) is 15.6. The van der Waals surface area contributed by atoms with Crippen molar-refractivity contribution in [1.82, 2.24) is 20.2 Å². The number of aromatic nitrogens is 4. The lowest BCUT2D eigenvalue weighted by atomic mass is 10.0. The second-order valence-electron chi connectivity index (χ2n) is 6.99. The molecule has 2 aromatic heterocycles. The van der Waals surface area contributed by atoms with Gasteiger partial charge in [0.2, 0.25) is 11.0 Å². The standard InChI is InChI=1S/C16H23N7OS/c1-8(2)5-10-15(24)20-12-13(19-10)17-7-18-14(12)21-16-23-22-11(25-16)6-9(3)4/h7-10H,5-6H2,1-4H3,(H,20,24)(H2,17,18,19,21,23). The number of rotatable bonds is 6. The molecule has 3 heterocycles. The Hall–Kier alpha value is -2.29. The van der Waals surface area contributed by atoms with Gasteiger partial charge >= 0.3 is 0 Å². The molecule has 25 heavy (non-hydrogen) atoms. The van der Waals surface area contributed by atoms with Crippen molar-refractivity contribution >= 4 is 39.7 Å². The van der Waals surface area contributed by atoms with Crippen LogP contribution in [-0.4, -0.2) is 32.1 Å². The quantitative estimate of drug-likeness (QED) is 0.726. The van der Waals surface area contributed by atoms with E-state index >= 15 is 0 Å². The first-order valence-electron chi connectivity index (χ1n) is 8.44. The Bertz CT molecular complexity index is 759. The molecular formula is C16H23N7OS. The average Bonchev–Trinajstić information content (AvgIpc) is 2.94.